The van der Waals surface area contributed by atoms with Crippen LogP contribution in [-0.2, 0) is 4.79 Å². The highest BCUT2D eigenvalue weighted by molar-refractivity contribution is 6.00. The molecule has 0 bridgehead atoms. The second kappa shape index (κ2) is 7.47. The van der Waals surface area contributed by atoms with Crippen molar-refractivity contribution in [2.45, 2.75) is 19.4 Å². The zero-order valence-corrected chi connectivity index (χ0v) is 15.1. The normalized spacial score (nSPS) is 16.5. The number of hydrogen-bond donors (Lipinski definition) is 1. The number of ether oxygens (including phenoxy) is 2. The van der Waals surface area contributed by atoms with E-state index in [2.05, 4.69) is 5.32 Å². The Morgan fingerprint density at radius 3 is 2.50 bits per heavy atom. The number of nitrogens with zero attached hydrogens (tertiary/aromatic N) is 1. The second-order valence-electron chi connectivity index (χ2n) is 6.28. The van der Waals surface area contributed by atoms with Gasteiger partial charge in [-0.25, -0.2) is 0 Å². The summed E-state index contributed by atoms with van der Waals surface area (Å²) in [5.74, 6) is 0.774. The van der Waals surface area contributed by atoms with Gasteiger partial charge in [0, 0.05) is 24.7 Å². The number of carbonyl (C=O) groups is 2. The van der Waals surface area contributed by atoms with Gasteiger partial charge in [0.2, 0.25) is 5.91 Å². The van der Waals surface area contributed by atoms with Crippen molar-refractivity contribution in [2.24, 2.45) is 0 Å². The Labute approximate surface area is 152 Å². The zero-order chi connectivity index (χ0) is 18.7. The number of carbonyl (C=O) groups excluding carboxylic acids is 2. The first kappa shape index (κ1) is 17.8. The predicted molar refractivity (Wildman–Crippen MR) is 98.9 cm³/mol. The Kier molecular flexibility index (Phi) is 5.11. The van der Waals surface area contributed by atoms with Crippen LogP contribution in [0.4, 0.5) is 5.69 Å². The van der Waals surface area contributed by atoms with Crippen molar-refractivity contribution < 1.29 is 19.1 Å². The molecule has 26 heavy (non-hydrogen) atoms. The van der Waals surface area contributed by atoms with Crippen molar-refractivity contribution in [2.75, 3.05) is 25.7 Å². The lowest BCUT2D eigenvalue weighted by atomic mass is 10.1. The van der Waals surface area contributed by atoms with Crippen LogP contribution in [0.3, 0.4) is 0 Å². The third kappa shape index (κ3) is 3.64. The number of amides is 2. The first-order chi connectivity index (χ1) is 12.5. The fourth-order valence-electron chi connectivity index (χ4n) is 3.03. The maximum absolute atomic E-state index is 12.6. The molecule has 1 aliphatic heterocycles. The van der Waals surface area contributed by atoms with Crippen LogP contribution in [0.2, 0.25) is 0 Å². The number of benzene rings is 2. The van der Waals surface area contributed by atoms with E-state index in [9.17, 15) is 9.59 Å². The molecule has 0 spiro atoms. The highest BCUT2D eigenvalue weighted by Gasteiger charge is 2.32. The molecule has 1 saturated heterocycles. The molecular weight excluding hydrogens is 332 g/mol. The largest absolute Gasteiger partial charge is 0.497 e. The van der Waals surface area contributed by atoms with Crippen LogP contribution in [0.1, 0.15) is 22.3 Å². The average molecular weight is 354 g/mol. The minimum atomic E-state index is -0.270. The van der Waals surface area contributed by atoms with E-state index in [-0.39, 0.29) is 24.3 Å². The molecule has 1 N–H and O–H groups in total. The van der Waals surface area contributed by atoms with Gasteiger partial charge in [-0.15, -0.1) is 0 Å². The maximum Gasteiger partial charge on any atom is 0.255 e. The average Bonchev–Trinajstić information content (AvgIpc) is 3.01. The van der Waals surface area contributed by atoms with Crippen molar-refractivity contribution in [3.63, 3.8) is 0 Å². The van der Waals surface area contributed by atoms with Gasteiger partial charge in [0.05, 0.1) is 25.8 Å². The first-order valence-corrected chi connectivity index (χ1v) is 8.41. The van der Waals surface area contributed by atoms with Crippen molar-refractivity contribution in [1.82, 2.24) is 5.32 Å². The van der Waals surface area contributed by atoms with Gasteiger partial charge in [-0.05, 0) is 31.2 Å². The molecule has 0 aliphatic carbocycles. The van der Waals surface area contributed by atoms with E-state index in [1.165, 1.54) is 7.11 Å². The van der Waals surface area contributed by atoms with Crippen molar-refractivity contribution in [3.05, 3.63) is 53.6 Å². The van der Waals surface area contributed by atoms with Crippen LogP contribution >= 0.6 is 0 Å². The highest BCUT2D eigenvalue weighted by Crippen LogP contribution is 2.26. The molecule has 0 radical (unpaired) electrons. The van der Waals surface area contributed by atoms with Gasteiger partial charge in [-0.2, -0.15) is 0 Å². The number of anilines is 1. The molecule has 1 fully saturated rings. The number of nitrogens with one attached hydrogen (secondary N) is 1. The molecule has 0 aromatic heterocycles. The molecule has 1 atom stereocenters. The molecule has 3 rings (SSSR count). The van der Waals surface area contributed by atoms with Gasteiger partial charge in [0.25, 0.3) is 5.91 Å². The summed E-state index contributed by atoms with van der Waals surface area (Å²) >= 11 is 0. The van der Waals surface area contributed by atoms with E-state index in [4.69, 9.17) is 9.47 Å². The Balaban J connectivity index is 1.71. The smallest absolute Gasteiger partial charge is 0.255 e. The lowest BCUT2D eigenvalue weighted by molar-refractivity contribution is -0.117. The van der Waals surface area contributed by atoms with E-state index in [0.717, 1.165) is 11.3 Å². The van der Waals surface area contributed by atoms with E-state index in [1.54, 1.807) is 30.2 Å². The van der Waals surface area contributed by atoms with Gasteiger partial charge >= 0.3 is 0 Å². The lowest BCUT2D eigenvalue weighted by Gasteiger charge is -2.18. The van der Waals surface area contributed by atoms with Gasteiger partial charge in [0.1, 0.15) is 11.5 Å². The monoisotopic (exact) mass is 354 g/mol. The summed E-state index contributed by atoms with van der Waals surface area (Å²) in [6, 6.07) is 12.6. The summed E-state index contributed by atoms with van der Waals surface area (Å²) in [7, 11) is 3.06. The minimum Gasteiger partial charge on any atom is -0.497 e. The van der Waals surface area contributed by atoms with Gasteiger partial charge in [-0.3, -0.25) is 9.59 Å². The standard InChI is InChI=1S/C20H22N2O4/c1-13-4-6-15(7-5-13)22-12-14(10-19(22)23)21-20(24)17-9-8-16(25-2)11-18(17)26-3/h4-9,11,14H,10,12H2,1-3H3,(H,21,24)/t14-/m1/s1. The Morgan fingerprint density at radius 2 is 1.85 bits per heavy atom. The van der Waals surface area contributed by atoms with Gasteiger partial charge in [0.15, 0.2) is 0 Å². The zero-order valence-electron chi connectivity index (χ0n) is 15.1. The number of rotatable bonds is 5. The molecule has 6 nitrogen and oxygen atoms in total. The molecule has 6 heteroatoms. The van der Waals surface area contributed by atoms with E-state index in [0.29, 0.717) is 23.6 Å². The predicted octanol–water partition coefficient (Wildman–Crippen LogP) is 2.55. The molecule has 1 aliphatic rings. The number of methoxy groups -OCH3 is 2. The number of hydrogen-bond acceptors (Lipinski definition) is 4. The summed E-state index contributed by atoms with van der Waals surface area (Å²) in [6.07, 6.45) is 0.276. The summed E-state index contributed by atoms with van der Waals surface area (Å²) < 4.78 is 10.4. The van der Waals surface area contributed by atoms with E-state index in [1.807, 2.05) is 31.2 Å². The van der Waals surface area contributed by atoms with Crippen LogP contribution < -0.4 is 19.7 Å². The van der Waals surface area contributed by atoms with E-state index >= 15 is 0 Å². The van der Waals surface area contributed by atoms with Gasteiger partial charge in [-0.1, -0.05) is 17.7 Å². The topological polar surface area (TPSA) is 67.9 Å². The van der Waals surface area contributed by atoms with E-state index < -0.39 is 0 Å². The SMILES string of the molecule is COc1ccc(C(=O)N[C@@H]2CC(=O)N(c3ccc(C)cc3)C2)c(OC)c1. The molecule has 1 heterocycles. The summed E-state index contributed by atoms with van der Waals surface area (Å²) in [6.45, 7) is 2.45. The van der Waals surface area contributed by atoms with Crippen LogP contribution in [0.25, 0.3) is 0 Å². The molecule has 2 aromatic rings. The van der Waals surface area contributed by atoms with Crippen molar-refractivity contribution in [3.8, 4) is 11.5 Å². The fourth-order valence-corrected chi connectivity index (χ4v) is 3.03. The molecule has 0 saturated carbocycles. The van der Waals surface area contributed by atoms with Gasteiger partial charge < -0.3 is 19.7 Å². The Hall–Kier alpha value is -3.02. The molecule has 2 amide bonds. The van der Waals surface area contributed by atoms with Crippen molar-refractivity contribution in [1.29, 1.82) is 0 Å². The second-order valence-corrected chi connectivity index (χ2v) is 6.28. The van der Waals surface area contributed by atoms with Crippen LogP contribution in [0.5, 0.6) is 11.5 Å². The fraction of sp³-hybridized carbons (Fsp3) is 0.300. The summed E-state index contributed by atoms with van der Waals surface area (Å²) in [5, 5.41) is 2.93. The molecule has 2 aromatic carbocycles. The third-order valence-corrected chi connectivity index (χ3v) is 4.46. The quantitative estimate of drug-likeness (QED) is 0.896. The Morgan fingerprint density at radius 1 is 1.12 bits per heavy atom. The van der Waals surface area contributed by atoms with Crippen molar-refractivity contribution >= 4 is 17.5 Å². The highest BCUT2D eigenvalue weighted by atomic mass is 16.5. The summed E-state index contributed by atoms with van der Waals surface area (Å²) in [4.78, 5) is 26.6. The summed E-state index contributed by atoms with van der Waals surface area (Å²) in [5.41, 5.74) is 2.39. The first-order valence-electron chi connectivity index (χ1n) is 8.41. The molecular formula is C20H22N2O4. The maximum atomic E-state index is 12.6. The third-order valence-electron chi connectivity index (χ3n) is 4.46. The van der Waals surface area contributed by atoms with Crippen LogP contribution in [-0.4, -0.2) is 38.6 Å². The van der Waals surface area contributed by atoms with Crippen LogP contribution in [0.15, 0.2) is 42.5 Å². The Bertz CT molecular complexity index is 817. The minimum absolute atomic E-state index is 0.000786. The number of aryl methyl sites for hydroxylation is 1. The lowest BCUT2D eigenvalue weighted by Crippen LogP contribution is -2.37. The molecule has 0 unspecified atom stereocenters. The molecule has 136 valence electrons. The van der Waals surface area contributed by atoms with Crippen LogP contribution in [0, 0.1) is 6.92 Å².